The van der Waals surface area contributed by atoms with Gasteiger partial charge in [0.1, 0.15) is 0 Å². The highest BCUT2D eigenvalue weighted by atomic mass is 35.5. The zero-order chi connectivity index (χ0) is 31.6. The molecule has 0 aromatic heterocycles. The molecule has 0 radical (unpaired) electrons. The summed E-state index contributed by atoms with van der Waals surface area (Å²) >= 11 is 10.0. The summed E-state index contributed by atoms with van der Waals surface area (Å²) in [6, 6.07) is 22.4. The molecule has 11 heteroatoms. The quantitative estimate of drug-likeness (QED) is 0.236. The van der Waals surface area contributed by atoms with Crippen LogP contribution in [0.25, 0.3) is 0 Å². The zero-order valence-electron chi connectivity index (χ0n) is 24.1. The Bertz CT molecular complexity index is 1610. The Hall–Kier alpha value is -3.26. The molecule has 1 heterocycles. The largest absolute Gasteiger partial charge is 0.760 e. The standard InChI is InChI=1S/C33H33Cl2N3O5S/c1-33(17-30(39)40)16-28(23-7-4-8-27(35)15-23)31(22-11-13-26(34)14-12-22)38(32(33)41)29(21-9-10-21)20-37(44(42)43)19-25-6-3-2-5-24(25)18-36/h2-8,11-15,21,28-29,31H,9-10,16-17,19-20H2,1H3,(H,39,40)(H,42,43)/p-1/t28-,29+,31+,33+/m0/s1. The van der Waals surface area contributed by atoms with Gasteiger partial charge < -0.3 is 14.6 Å². The fraction of sp³-hybridized carbons (Fsp3) is 0.364. The number of hydrogen-bond acceptors (Lipinski definition) is 5. The molecule has 0 spiro atoms. The van der Waals surface area contributed by atoms with Gasteiger partial charge in [0.15, 0.2) is 0 Å². The minimum absolute atomic E-state index is 0.0121. The molecule has 5 rings (SSSR count). The predicted molar refractivity (Wildman–Crippen MR) is 167 cm³/mol. The van der Waals surface area contributed by atoms with Crippen molar-refractivity contribution >= 4 is 46.3 Å². The number of benzene rings is 3. The molecule has 1 saturated heterocycles. The fourth-order valence-electron chi connectivity index (χ4n) is 6.53. The maximum atomic E-state index is 14.7. The topological polar surface area (TPSA) is 125 Å². The smallest absolute Gasteiger partial charge is 0.304 e. The van der Waals surface area contributed by atoms with Crippen LogP contribution in [0.3, 0.4) is 0 Å². The number of rotatable bonds is 11. The second kappa shape index (κ2) is 13.4. The van der Waals surface area contributed by atoms with E-state index < -0.39 is 34.7 Å². The second-order valence-corrected chi connectivity index (χ2v) is 13.7. The molecule has 3 aromatic rings. The van der Waals surface area contributed by atoms with E-state index in [1.165, 1.54) is 4.31 Å². The fourth-order valence-corrected chi connectivity index (χ4v) is 7.38. The average molecular weight is 654 g/mol. The van der Waals surface area contributed by atoms with Crippen molar-refractivity contribution in [3.63, 3.8) is 0 Å². The molecule has 1 aliphatic carbocycles. The lowest BCUT2D eigenvalue weighted by Crippen LogP contribution is -2.59. The first-order valence-corrected chi connectivity index (χ1v) is 16.2. The van der Waals surface area contributed by atoms with Crippen molar-refractivity contribution in [3.8, 4) is 6.07 Å². The number of carbonyl (C=O) groups is 2. The van der Waals surface area contributed by atoms with Crippen LogP contribution in [0.4, 0.5) is 0 Å². The van der Waals surface area contributed by atoms with E-state index in [0.29, 0.717) is 21.2 Å². The van der Waals surface area contributed by atoms with Gasteiger partial charge in [0, 0.05) is 46.4 Å². The van der Waals surface area contributed by atoms with Gasteiger partial charge >= 0.3 is 5.97 Å². The van der Waals surface area contributed by atoms with E-state index in [1.54, 1.807) is 54.3 Å². The van der Waals surface area contributed by atoms with Crippen molar-refractivity contribution in [1.82, 2.24) is 9.21 Å². The minimum atomic E-state index is -2.67. The summed E-state index contributed by atoms with van der Waals surface area (Å²) in [4.78, 5) is 28.6. The molecular formula is C33H32Cl2N3O5S-. The molecule has 8 nitrogen and oxygen atoms in total. The molecule has 230 valence electrons. The van der Waals surface area contributed by atoms with Crippen LogP contribution in [-0.2, 0) is 27.4 Å². The van der Waals surface area contributed by atoms with Gasteiger partial charge in [-0.1, -0.05) is 72.6 Å². The Morgan fingerprint density at radius 3 is 2.43 bits per heavy atom. The van der Waals surface area contributed by atoms with Crippen LogP contribution in [-0.4, -0.2) is 47.5 Å². The molecule has 1 unspecified atom stereocenters. The molecule has 1 amide bonds. The highest BCUT2D eigenvalue weighted by Crippen LogP contribution is 2.54. The van der Waals surface area contributed by atoms with Gasteiger partial charge in [0.2, 0.25) is 5.91 Å². The minimum Gasteiger partial charge on any atom is -0.760 e. The van der Waals surface area contributed by atoms with E-state index in [9.17, 15) is 28.7 Å². The summed E-state index contributed by atoms with van der Waals surface area (Å²) in [5.41, 5.74) is 1.33. The monoisotopic (exact) mass is 652 g/mol. The molecule has 2 fully saturated rings. The molecule has 1 N–H and O–H groups in total. The maximum absolute atomic E-state index is 14.7. The predicted octanol–water partition coefficient (Wildman–Crippen LogP) is 6.48. The first-order chi connectivity index (χ1) is 21.0. The van der Waals surface area contributed by atoms with E-state index in [2.05, 4.69) is 6.07 Å². The number of aliphatic carboxylic acids is 1. The van der Waals surface area contributed by atoms with Crippen LogP contribution in [0.2, 0.25) is 10.0 Å². The summed E-state index contributed by atoms with van der Waals surface area (Å²) in [5, 5.41) is 20.6. The molecule has 0 bridgehead atoms. The highest BCUT2D eigenvalue weighted by molar-refractivity contribution is 7.76. The maximum Gasteiger partial charge on any atom is 0.304 e. The Labute approximate surface area is 269 Å². The summed E-state index contributed by atoms with van der Waals surface area (Å²) in [7, 11) is 0. The van der Waals surface area contributed by atoms with Crippen LogP contribution in [0.15, 0.2) is 72.8 Å². The van der Waals surface area contributed by atoms with E-state index in [1.807, 2.05) is 30.3 Å². The Kier molecular flexibility index (Phi) is 9.78. The van der Waals surface area contributed by atoms with E-state index in [4.69, 9.17) is 23.2 Å². The first-order valence-electron chi connectivity index (χ1n) is 14.4. The third kappa shape index (κ3) is 7.01. The molecule has 1 aliphatic heterocycles. The number of carbonyl (C=O) groups excluding carboxylic acids is 1. The van der Waals surface area contributed by atoms with Crippen molar-refractivity contribution in [1.29, 1.82) is 5.26 Å². The van der Waals surface area contributed by atoms with Crippen LogP contribution < -0.4 is 0 Å². The van der Waals surface area contributed by atoms with Crippen LogP contribution in [0, 0.1) is 22.7 Å². The molecule has 3 aromatic carbocycles. The SMILES string of the molecule is C[C@]1(CC(=O)O)C[C@@H](c2cccc(Cl)c2)[C@@H](c2ccc(Cl)cc2)N([C@H](CN(Cc2ccccc2C#N)S(=O)[O-])C2CC2)C1=O. The Morgan fingerprint density at radius 2 is 1.82 bits per heavy atom. The molecular weight excluding hydrogens is 621 g/mol. The van der Waals surface area contributed by atoms with Gasteiger partial charge in [-0.25, -0.2) is 4.31 Å². The number of nitrogens with zero attached hydrogens (tertiary/aromatic N) is 3. The molecule has 44 heavy (non-hydrogen) atoms. The zero-order valence-corrected chi connectivity index (χ0v) is 26.4. The lowest BCUT2D eigenvalue weighted by Gasteiger charge is -2.52. The molecule has 5 atom stereocenters. The van der Waals surface area contributed by atoms with Gasteiger partial charge in [-0.3, -0.25) is 13.8 Å². The van der Waals surface area contributed by atoms with Crippen molar-refractivity contribution in [2.24, 2.45) is 11.3 Å². The van der Waals surface area contributed by atoms with E-state index in [0.717, 1.165) is 24.0 Å². The van der Waals surface area contributed by atoms with Gasteiger partial charge in [0.05, 0.1) is 29.5 Å². The lowest BCUT2D eigenvalue weighted by molar-refractivity contribution is -0.161. The van der Waals surface area contributed by atoms with Crippen molar-refractivity contribution < 1.29 is 23.5 Å². The number of carboxylic acid groups (broad SMARTS) is 1. The Balaban J connectivity index is 1.64. The van der Waals surface area contributed by atoms with Crippen molar-refractivity contribution in [2.45, 2.75) is 57.2 Å². The van der Waals surface area contributed by atoms with Crippen molar-refractivity contribution in [3.05, 3.63) is 105 Å². The number of likely N-dealkylation sites (tertiary alicyclic amines) is 1. The lowest BCUT2D eigenvalue weighted by atomic mass is 9.67. The third-order valence-electron chi connectivity index (χ3n) is 8.74. The van der Waals surface area contributed by atoms with Crippen LogP contribution >= 0.6 is 23.2 Å². The number of piperidine rings is 1. The number of nitriles is 1. The average Bonchev–Trinajstić information content (AvgIpc) is 3.82. The van der Waals surface area contributed by atoms with Crippen molar-refractivity contribution in [2.75, 3.05) is 6.54 Å². The van der Waals surface area contributed by atoms with Gasteiger partial charge in [-0.05, 0) is 72.2 Å². The summed E-state index contributed by atoms with van der Waals surface area (Å²) in [6.07, 6.45) is 1.48. The van der Waals surface area contributed by atoms with Gasteiger partial charge in [-0.2, -0.15) is 5.26 Å². The molecule has 2 aliphatic rings. The second-order valence-electron chi connectivity index (χ2n) is 11.9. The summed E-state index contributed by atoms with van der Waals surface area (Å²) in [5.74, 6) is -1.75. The normalized spacial score (nSPS) is 23.3. The number of carboxylic acids is 1. The number of amides is 1. The van der Waals surface area contributed by atoms with Crippen LogP contribution in [0.1, 0.15) is 66.8 Å². The first kappa shape index (κ1) is 32.1. The van der Waals surface area contributed by atoms with Gasteiger partial charge in [0.25, 0.3) is 0 Å². The highest BCUT2D eigenvalue weighted by Gasteiger charge is 2.54. The van der Waals surface area contributed by atoms with E-state index >= 15 is 0 Å². The van der Waals surface area contributed by atoms with Gasteiger partial charge in [-0.15, -0.1) is 0 Å². The third-order valence-corrected chi connectivity index (χ3v) is 9.93. The number of halogens is 2. The number of hydrogen-bond donors (Lipinski definition) is 1. The summed E-state index contributed by atoms with van der Waals surface area (Å²) < 4.78 is 26.6. The Morgan fingerprint density at radius 1 is 1.11 bits per heavy atom. The van der Waals surface area contributed by atoms with E-state index in [-0.39, 0.29) is 43.7 Å². The summed E-state index contributed by atoms with van der Waals surface area (Å²) in [6.45, 7) is 1.63. The van der Waals surface area contributed by atoms with Crippen LogP contribution in [0.5, 0.6) is 0 Å². The molecule has 1 saturated carbocycles.